The van der Waals surface area contributed by atoms with Crippen molar-refractivity contribution in [3.05, 3.63) is 65.2 Å². The van der Waals surface area contributed by atoms with Gasteiger partial charge in [-0.2, -0.15) is 0 Å². The van der Waals surface area contributed by atoms with Crippen LogP contribution in [0.1, 0.15) is 101 Å². The van der Waals surface area contributed by atoms with Crippen LogP contribution in [0.5, 0.6) is 5.75 Å². The summed E-state index contributed by atoms with van der Waals surface area (Å²) in [5, 5.41) is 0. The predicted molar refractivity (Wildman–Crippen MR) is 125 cm³/mol. The molecule has 0 heterocycles. The molecule has 1 unspecified atom stereocenters. The summed E-state index contributed by atoms with van der Waals surface area (Å²) in [4.78, 5) is 12.7. The molecule has 0 N–H and O–H groups in total. The van der Waals surface area contributed by atoms with Crippen molar-refractivity contribution >= 4 is 5.78 Å². The fourth-order valence-electron chi connectivity index (χ4n) is 4.55. The van der Waals surface area contributed by atoms with Crippen LogP contribution in [0.3, 0.4) is 0 Å². The molecule has 1 fully saturated rings. The summed E-state index contributed by atoms with van der Waals surface area (Å²) in [6.07, 6.45) is 10.1. The third kappa shape index (κ3) is 5.97. The Morgan fingerprint density at radius 3 is 2.53 bits per heavy atom. The number of carbonyl (C=O) groups is 1. The van der Waals surface area contributed by atoms with Gasteiger partial charge >= 0.3 is 0 Å². The van der Waals surface area contributed by atoms with Crippen LogP contribution in [0.2, 0.25) is 0 Å². The largest absolute Gasteiger partial charge is 0.489 e. The number of ether oxygens (including phenoxy) is 1. The van der Waals surface area contributed by atoms with Gasteiger partial charge in [-0.05, 0) is 41.9 Å². The summed E-state index contributed by atoms with van der Waals surface area (Å²) in [6.45, 7) is 7.46. The van der Waals surface area contributed by atoms with Gasteiger partial charge in [-0.25, -0.2) is 0 Å². The molecule has 0 spiro atoms. The molecule has 2 nitrogen and oxygen atoms in total. The maximum absolute atomic E-state index is 12.7. The molecule has 1 aliphatic rings. The van der Waals surface area contributed by atoms with Crippen LogP contribution >= 0.6 is 0 Å². The predicted octanol–water partition coefficient (Wildman–Crippen LogP) is 7.74. The molecule has 2 aromatic rings. The van der Waals surface area contributed by atoms with Crippen LogP contribution in [0.4, 0.5) is 0 Å². The first kappa shape index (κ1) is 22.6. The third-order valence-corrected chi connectivity index (χ3v) is 6.62. The van der Waals surface area contributed by atoms with Crippen LogP contribution in [0.25, 0.3) is 0 Å². The van der Waals surface area contributed by atoms with Gasteiger partial charge in [0, 0.05) is 17.9 Å². The number of carbonyl (C=O) groups excluding carboxylic acids is 1. The van der Waals surface area contributed by atoms with Crippen molar-refractivity contribution in [2.45, 2.75) is 96.5 Å². The summed E-state index contributed by atoms with van der Waals surface area (Å²) in [7, 11) is 0. The van der Waals surface area contributed by atoms with E-state index in [0.29, 0.717) is 18.8 Å². The van der Waals surface area contributed by atoms with Crippen molar-refractivity contribution in [1.82, 2.24) is 0 Å². The van der Waals surface area contributed by atoms with E-state index in [-0.39, 0.29) is 11.3 Å². The Hall–Kier alpha value is -2.09. The van der Waals surface area contributed by atoms with Gasteiger partial charge in [-0.1, -0.05) is 95.3 Å². The first-order chi connectivity index (χ1) is 14.5. The summed E-state index contributed by atoms with van der Waals surface area (Å²) < 4.78 is 6.35. The molecule has 0 amide bonds. The lowest BCUT2D eigenvalue weighted by molar-refractivity contribution is -0.121. The monoisotopic (exact) mass is 406 g/mol. The van der Waals surface area contributed by atoms with Gasteiger partial charge in [0.15, 0.2) is 0 Å². The van der Waals surface area contributed by atoms with E-state index in [1.54, 1.807) is 0 Å². The molecule has 2 aromatic carbocycles. The van der Waals surface area contributed by atoms with E-state index in [2.05, 4.69) is 51.1 Å². The zero-order valence-electron chi connectivity index (χ0n) is 19.1. The first-order valence-corrected chi connectivity index (χ1v) is 11.8. The Morgan fingerprint density at radius 1 is 1.00 bits per heavy atom. The molecule has 1 saturated carbocycles. The van der Waals surface area contributed by atoms with Crippen molar-refractivity contribution in [1.29, 1.82) is 0 Å². The number of benzene rings is 2. The van der Waals surface area contributed by atoms with E-state index < -0.39 is 0 Å². The lowest BCUT2D eigenvalue weighted by Gasteiger charge is -2.28. The van der Waals surface area contributed by atoms with Crippen molar-refractivity contribution in [2.24, 2.45) is 0 Å². The fourth-order valence-corrected chi connectivity index (χ4v) is 4.55. The van der Waals surface area contributed by atoms with Crippen molar-refractivity contribution in [3.63, 3.8) is 0 Å². The summed E-state index contributed by atoms with van der Waals surface area (Å²) in [5.41, 5.74) is 3.66. The Bertz CT molecular complexity index is 807. The molecule has 2 heteroatoms. The lowest BCUT2D eigenvalue weighted by atomic mass is 9.77. The van der Waals surface area contributed by atoms with Crippen molar-refractivity contribution in [2.75, 3.05) is 0 Å². The summed E-state index contributed by atoms with van der Waals surface area (Å²) in [5.74, 6) is 1.27. The van der Waals surface area contributed by atoms with E-state index in [1.807, 2.05) is 18.2 Å². The van der Waals surface area contributed by atoms with Crippen LogP contribution in [0, 0.1) is 0 Å². The number of rotatable bonds is 10. The SMILES string of the molecule is CCCCCCC(C)(C)c1ccc(C2CCCCC2=O)c(OCc2ccccc2)c1. The molecule has 1 atom stereocenters. The normalized spacial score (nSPS) is 17.2. The molecule has 162 valence electrons. The van der Waals surface area contributed by atoms with Crippen molar-refractivity contribution < 1.29 is 9.53 Å². The second-order valence-electron chi connectivity index (χ2n) is 9.49. The number of hydrogen-bond acceptors (Lipinski definition) is 2. The molecule has 30 heavy (non-hydrogen) atoms. The maximum atomic E-state index is 12.7. The van der Waals surface area contributed by atoms with E-state index in [4.69, 9.17) is 4.74 Å². The zero-order valence-corrected chi connectivity index (χ0v) is 19.1. The minimum absolute atomic E-state index is 0.00811. The van der Waals surface area contributed by atoms with Gasteiger partial charge in [0.25, 0.3) is 0 Å². The highest BCUT2D eigenvalue weighted by Gasteiger charge is 2.28. The van der Waals surface area contributed by atoms with Crippen LogP contribution in [-0.4, -0.2) is 5.78 Å². The molecule has 0 aliphatic heterocycles. The number of unbranched alkanes of at least 4 members (excludes halogenated alkanes) is 3. The standard InChI is InChI=1S/C28H38O2/c1-4-5-6-12-19-28(2,3)23-17-18-25(24-15-10-11-16-26(24)29)27(20-23)30-21-22-13-8-7-9-14-22/h7-9,13-14,17-18,20,24H,4-6,10-12,15-16,19,21H2,1-3H3. The first-order valence-electron chi connectivity index (χ1n) is 11.8. The van der Waals surface area contributed by atoms with E-state index >= 15 is 0 Å². The Balaban J connectivity index is 1.84. The Labute approximate surface area is 183 Å². The molecular weight excluding hydrogens is 368 g/mol. The van der Waals surface area contributed by atoms with Gasteiger partial charge in [0.1, 0.15) is 18.1 Å². The van der Waals surface area contributed by atoms with Gasteiger partial charge in [-0.15, -0.1) is 0 Å². The van der Waals surface area contributed by atoms with Gasteiger partial charge in [0.2, 0.25) is 0 Å². The average Bonchev–Trinajstić information content (AvgIpc) is 2.76. The highest BCUT2D eigenvalue weighted by Crippen LogP contribution is 2.39. The summed E-state index contributed by atoms with van der Waals surface area (Å²) in [6, 6.07) is 16.9. The minimum Gasteiger partial charge on any atom is -0.489 e. The van der Waals surface area contributed by atoms with Crippen LogP contribution in [0.15, 0.2) is 48.5 Å². The Morgan fingerprint density at radius 2 is 1.80 bits per heavy atom. The minimum atomic E-state index is -0.00811. The number of ketones is 1. The van der Waals surface area contributed by atoms with E-state index in [9.17, 15) is 4.79 Å². The highest BCUT2D eigenvalue weighted by molar-refractivity contribution is 5.87. The molecule has 0 bridgehead atoms. The smallest absolute Gasteiger partial charge is 0.140 e. The van der Waals surface area contributed by atoms with Crippen LogP contribution < -0.4 is 4.74 Å². The molecule has 0 radical (unpaired) electrons. The molecular formula is C28H38O2. The van der Waals surface area contributed by atoms with Gasteiger partial charge < -0.3 is 4.74 Å². The molecule has 0 saturated heterocycles. The molecule has 3 rings (SSSR count). The highest BCUT2D eigenvalue weighted by atomic mass is 16.5. The van der Waals surface area contributed by atoms with Crippen LogP contribution in [-0.2, 0) is 16.8 Å². The Kier molecular flexibility index (Phi) is 8.13. The van der Waals surface area contributed by atoms with E-state index in [0.717, 1.165) is 36.1 Å². The fraction of sp³-hybridized carbons (Fsp3) is 0.536. The maximum Gasteiger partial charge on any atom is 0.140 e. The number of hydrogen-bond donors (Lipinski definition) is 0. The molecule has 1 aliphatic carbocycles. The average molecular weight is 407 g/mol. The second kappa shape index (κ2) is 10.8. The van der Waals surface area contributed by atoms with Crippen molar-refractivity contribution in [3.8, 4) is 5.75 Å². The summed E-state index contributed by atoms with van der Waals surface area (Å²) >= 11 is 0. The molecule has 0 aromatic heterocycles. The van der Waals surface area contributed by atoms with Gasteiger partial charge in [0.05, 0.1) is 0 Å². The topological polar surface area (TPSA) is 26.3 Å². The number of Topliss-reactive ketones (excluding diaryl/α,β-unsaturated/α-hetero) is 1. The quantitative estimate of drug-likeness (QED) is 0.377. The van der Waals surface area contributed by atoms with E-state index in [1.165, 1.54) is 37.7 Å². The third-order valence-electron chi connectivity index (χ3n) is 6.62. The van der Waals surface area contributed by atoms with Gasteiger partial charge in [-0.3, -0.25) is 4.79 Å². The second-order valence-corrected chi connectivity index (χ2v) is 9.49. The zero-order chi connectivity index (χ0) is 21.4. The lowest BCUT2D eigenvalue weighted by Crippen LogP contribution is -2.20.